The van der Waals surface area contributed by atoms with Crippen LogP contribution in [0.15, 0.2) is 10.7 Å². The van der Waals surface area contributed by atoms with Gasteiger partial charge in [0.1, 0.15) is 0 Å². The number of ether oxygens (including phenoxy) is 2. The van der Waals surface area contributed by atoms with Crippen LogP contribution in [0.25, 0.3) is 0 Å². The molecule has 5 nitrogen and oxygen atoms in total. The molecule has 1 heterocycles. The second kappa shape index (κ2) is 7.89. The average Bonchev–Trinajstić information content (AvgIpc) is 2.70. The number of nitrogens with two attached hydrogens (primary N) is 1. The molecule has 1 aromatic rings. The number of halogens is 1. The quantitative estimate of drug-likeness (QED) is 0.748. The molecule has 0 bridgehead atoms. The van der Waals surface area contributed by atoms with E-state index in [9.17, 15) is 0 Å². The molecule has 0 saturated carbocycles. The third-order valence-corrected chi connectivity index (χ3v) is 3.15. The molecule has 0 spiro atoms. The number of rotatable bonds is 8. The van der Waals surface area contributed by atoms with E-state index in [1.807, 2.05) is 18.5 Å². The number of nitrogens with zero attached hydrogens (tertiary/aromatic N) is 2. The summed E-state index contributed by atoms with van der Waals surface area (Å²) in [6, 6.07) is -0.353. The van der Waals surface area contributed by atoms with Crippen molar-refractivity contribution in [1.82, 2.24) is 9.78 Å². The summed E-state index contributed by atoms with van der Waals surface area (Å²) in [7, 11) is 0. The van der Waals surface area contributed by atoms with Crippen molar-refractivity contribution in [3.05, 3.63) is 16.4 Å². The van der Waals surface area contributed by atoms with E-state index in [0.717, 1.165) is 23.1 Å². The van der Waals surface area contributed by atoms with Gasteiger partial charge in [0.2, 0.25) is 0 Å². The van der Waals surface area contributed by atoms with Crippen LogP contribution in [0.1, 0.15) is 38.9 Å². The van der Waals surface area contributed by atoms with E-state index < -0.39 is 6.29 Å². The third kappa shape index (κ3) is 3.78. The van der Waals surface area contributed by atoms with Crippen molar-refractivity contribution < 1.29 is 9.47 Å². The maximum Gasteiger partial charge on any atom is 0.178 e. The highest BCUT2D eigenvalue weighted by molar-refractivity contribution is 9.10. The van der Waals surface area contributed by atoms with Gasteiger partial charge in [0.15, 0.2) is 6.29 Å². The lowest BCUT2D eigenvalue weighted by Crippen LogP contribution is -2.33. The fraction of sp³-hybridized carbons (Fsp3) is 0.750. The van der Waals surface area contributed by atoms with Crippen molar-refractivity contribution in [3.8, 4) is 0 Å². The summed E-state index contributed by atoms with van der Waals surface area (Å²) in [4.78, 5) is 0. The number of aryl methyl sites for hydroxylation is 1. The van der Waals surface area contributed by atoms with Gasteiger partial charge in [-0.05, 0) is 36.2 Å². The van der Waals surface area contributed by atoms with Gasteiger partial charge >= 0.3 is 0 Å². The Balaban J connectivity index is 2.91. The van der Waals surface area contributed by atoms with Gasteiger partial charge in [0, 0.05) is 19.8 Å². The lowest BCUT2D eigenvalue weighted by atomic mass is 10.2. The molecule has 1 atom stereocenters. The molecule has 6 heteroatoms. The zero-order valence-corrected chi connectivity index (χ0v) is 12.8. The molecule has 2 N–H and O–H groups in total. The van der Waals surface area contributed by atoms with Crippen molar-refractivity contribution in [2.24, 2.45) is 5.73 Å². The van der Waals surface area contributed by atoms with Crippen molar-refractivity contribution in [2.75, 3.05) is 13.2 Å². The molecule has 0 aromatic carbocycles. The van der Waals surface area contributed by atoms with Crippen molar-refractivity contribution >= 4 is 15.9 Å². The zero-order valence-electron chi connectivity index (χ0n) is 11.2. The van der Waals surface area contributed by atoms with Gasteiger partial charge in [-0.2, -0.15) is 5.10 Å². The first kappa shape index (κ1) is 15.6. The predicted molar refractivity (Wildman–Crippen MR) is 74.2 cm³/mol. The topological polar surface area (TPSA) is 62.3 Å². The Hall–Kier alpha value is -0.430. The molecule has 0 amide bonds. The highest BCUT2D eigenvalue weighted by Crippen LogP contribution is 2.26. The molecule has 0 saturated heterocycles. The highest BCUT2D eigenvalue weighted by Gasteiger charge is 2.25. The molecule has 0 radical (unpaired) electrons. The highest BCUT2D eigenvalue weighted by atomic mass is 79.9. The minimum Gasteiger partial charge on any atom is -0.351 e. The smallest absolute Gasteiger partial charge is 0.178 e. The minimum atomic E-state index is -0.441. The summed E-state index contributed by atoms with van der Waals surface area (Å²) in [5, 5.41) is 4.31. The molecule has 18 heavy (non-hydrogen) atoms. The van der Waals surface area contributed by atoms with E-state index in [1.165, 1.54) is 0 Å². The molecule has 1 unspecified atom stereocenters. The Bertz CT molecular complexity index is 351. The van der Waals surface area contributed by atoms with Gasteiger partial charge in [0.05, 0.1) is 22.4 Å². The molecular formula is C12H22BrN3O2. The second-order valence-electron chi connectivity index (χ2n) is 3.91. The zero-order chi connectivity index (χ0) is 13.5. The lowest BCUT2D eigenvalue weighted by molar-refractivity contribution is -0.150. The van der Waals surface area contributed by atoms with E-state index in [2.05, 4.69) is 28.0 Å². The van der Waals surface area contributed by atoms with Gasteiger partial charge in [-0.1, -0.05) is 6.92 Å². The third-order valence-electron chi connectivity index (χ3n) is 2.54. The van der Waals surface area contributed by atoms with Crippen molar-refractivity contribution in [1.29, 1.82) is 0 Å². The molecule has 0 aliphatic carbocycles. The first-order chi connectivity index (χ1) is 8.65. The fourth-order valence-electron chi connectivity index (χ4n) is 1.81. The molecule has 104 valence electrons. The van der Waals surface area contributed by atoms with Crippen LogP contribution >= 0.6 is 15.9 Å². The Labute approximate surface area is 117 Å². The first-order valence-electron chi connectivity index (χ1n) is 6.35. The Morgan fingerprint density at radius 1 is 1.33 bits per heavy atom. The predicted octanol–water partition coefficient (Wildman–Crippen LogP) is 2.45. The van der Waals surface area contributed by atoms with E-state index in [4.69, 9.17) is 15.2 Å². The van der Waals surface area contributed by atoms with E-state index in [-0.39, 0.29) is 6.04 Å². The number of hydrogen-bond donors (Lipinski definition) is 1. The normalized spacial score (nSPS) is 13.2. The summed E-state index contributed by atoms with van der Waals surface area (Å²) >= 11 is 3.48. The van der Waals surface area contributed by atoms with Crippen LogP contribution in [0, 0.1) is 0 Å². The summed E-state index contributed by atoms with van der Waals surface area (Å²) in [5.41, 5.74) is 7.17. The molecule has 1 rings (SSSR count). The van der Waals surface area contributed by atoms with Crippen LogP contribution in [-0.2, 0) is 16.0 Å². The maximum absolute atomic E-state index is 6.25. The standard InChI is InChI=1S/C12H22BrN3O2/c1-4-7-16-11(9(13)8-15-16)10(14)12(17-5-2)18-6-3/h8,10,12H,4-7,14H2,1-3H3. The first-order valence-corrected chi connectivity index (χ1v) is 7.14. The van der Waals surface area contributed by atoms with Gasteiger partial charge in [-0.25, -0.2) is 0 Å². The summed E-state index contributed by atoms with van der Waals surface area (Å²) in [6.45, 7) is 7.93. The van der Waals surface area contributed by atoms with Crippen molar-refractivity contribution in [2.45, 2.75) is 46.1 Å². The summed E-state index contributed by atoms with van der Waals surface area (Å²) < 4.78 is 13.9. The fourth-order valence-corrected chi connectivity index (χ4v) is 2.37. The van der Waals surface area contributed by atoms with E-state index in [0.29, 0.717) is 13.2 Å². The molecular weight excluding hydrogens is 298 g/mol. The number of aromatic nitrogens is 2. The van der Waals surface area contributed by atoms with Gasteiger partial charge in [-0.15, -0.1) is 0 Å². The second-order valence-corrected chi connectivity index (χ2v) is 4.76. The van der Waals surface area contributed by atoms with Crippen LogP contribution in [-0.4, -0.2) is 29.3 Å². The van der Waals surface area contributed by atoms with Crippen LogP contribution in [0.4, 0.5) is 0 Å². The molecule has 0 aliphatic rings. The largest absolute Gasteiger partial charge is 0.351 e. The van der Waals surface area contributed by atoms with Crippen LogP contribution in [0.2, 0.25) is 0 Å². The van der Waals surface area contributed by atoms with Crippen molar-refractivity contribution in [3.63, 3.8) is 0 Å². The molecule has 0 fully saturated rings. The van der Waals surface area contributed by atoms with E-state index >= 15 is 0 Å². The van der Waals surface area contributed by atoms with Crippen LogP contribution < -0.4 is 5.73 Å². The Morgan fingerprint density at radius 3 is 2.44 bits per heavy atom. The lowest BCUT2D eigenvalue weighted by Gasteiger charge is -2.24. The van der Waals surface area contributed by atoms with Crippen LogP contribution in [0.5, 0.6) is 0 Å². The maximum atomic E-state index is 6.25. The summed E-state index contributed by atoms with van der Waals surface area (Å²) in [5.74, 6) is 0. The van der Waals surface area contributed by atoms with Crippen LogP contribution in [0.3, 0.4) is 0 Å². The Morgan fingerprint density at radius 2 is 1.94 bits per heavy atom. The minimum absolute atomic E-state index is 0.353. The average molecular weight is 320 g/mol. The van der Waals surface area contributed by atoms with Gasteiger partial charge in [0.25, 0.3) is 0 Å². The molecule has 0 aliphatic heterocycles. The van der Waals surface area contributed by atoms with Gasteiger partial charge < -0.3 is 15.2 Å². The van der Waals surface area contributed by atoms with Gasteiger partial charge in [-0.3, -0.25) is 4.68 Å². The Kier molecular flexibility index (Phi) is 6.85. The SMILES string of the molecule is CCCn1ncc(Br)c1C(N)C(OCC)OCC. The number of hydrogen-bond acceptors (Lipinski definition) is 4. The van der Waals surface area contributed by atoms with E-state index in [1.54, 1.807) is 6.20 Å². The monoisotopic (exact) mass is 319 g/mol. The molecule has 1 aromatic heterocycles. The summed E-state index contributed by atoms with van der Waals surface area (Å²) in [6.07, 6.45) is 2.32.